The summed E-state index contributed by atoms with van der Waals surface area (Å²) in [5.74, 6) is -1.44. The minimum absolute atomic E-state index is 0.0155. The predicted octanol–water partition coefficient (Wildman–Crippen LogP) is -0.894. The molecule has 4 N–H and O–H groups in total. The van der Waals surface area contributed by atoms with Gasteiger partial charge in [-0.2, -0.15) is 0 Å². The summed E-state index contributed by atoms with van der Waals surface area (Å²) in [4.78, 5) is 24.5. The molecule has 7 heteroatoms. The molecule has 0 saturated heterocycles. The SMILES string of the molecule is CC(C(=O)N(C)CC(=O)NC1CC1)C(N)=NO. The first-order chi connectivity index (χ1) is 7.95. The molecule has 7 nitrogen and oxygen atoms in total. The largest absolute Gasteiger partial charge is 0.409 e. The summed E-state index contributed by atoms with van der Waals surface area (Å²) in [5.41, 5.74) is 5.33. The average molecular weight is 242 g/mol. The van der Waals surface area contributed by atoms with Crippen LogP contribution in [0.25, 0.3) is 0 Å². The summed E-state index contributed by atoms with van der Waals surface area (Å²) in [6.07, 6.45) is 2.01. The van der Waals surface area contributed by atoms with E-state index < -0.39 is 5.92 Å². The van der Waals surface area contributed by atoms with E-state index in [-0.39, 0.29) is 30.2 Å². The van der Waals surface area contributed by atoms with E-state index in [0.29, 0.717) is 0 Å². The number of nitrogens with zero attached hydrogens (tertiary/aromatic N) is 2. The molecule has 96 valence electrons. The van der Waals surface area contributed by atoms with Crippen molar-refractivity contribution < 1.29 is 14.8 Å². The van der Waals surface area contributed by atoms with Crippen LogP contribution in [0.4, 0.5) is 0 Å². The van der Waals surface area contributed by atoms with Crippen LogP contribution in [0.15, 0.2) is 5.16 Å². The van der Waals surface area contributed by atoms with E-state index in [9.17, 15) is 9.59 Å². The van der Waals surface area contributed by atoms with Crippen LogP contribution in [0.5, 0.6) is 0 Å². The van der Waals surface area contributed by atoms with Crippen molar-refractivity contribution in [2.75, 3.05) is 13.6 Å². The van der Waals surface area contributed by atoms with Gasteiger partial charge in [-0.05, 0) is 19.8 Å². The molecule has 0 aliphatic heterocycles. The lowest BCUT2D eigenvalue weighted by Gasteiger charge is -2.20. The molecular formula is C10H18N4O3. The van der Waals surface area contributed by atoms with Crippen LogP contribution in [0.2, 0.25) is 0 Å². The molecule has 2 amide bonds. The number of nitrogens with one attached hydrogen (secondary N) is 1. The highest BCUT2D eigenvalue weighted by atomic mass is 16.4. The van der Waals surface area contributed by atoms with E-state index >= 15 is 0 Å². The zero-order valence-corrected chi connectivity index (χ0v) is 10.0. The Hall–Kier alpha value is -1.79. The van der Waals surface area contributed by atoms with Crippen LogP contribution in [-0.2, 0) is 9.59 Å². The van der Waals surface area contributed by atoms with Crippen molar-refractivity contribution in [3.05, 3.63) is 0 Å². The minimum atomic E-state index is -0.737. The third kappa shape index (κ3) is 3.93. The fraction of sp³-hybridized carbons (Fsp3) is 0.700. The number of hydrogen-bond donors (Lipinski definition) is 3. The highest BCUT2D eigenvalue weighted by Crippen LogP contribution is 2.18. The Morgan fingerprint density at radius 2 is 2.18 bits per heavy atom. The average Bonchev–Trinajstić information content (AvgIpc) is 3.09. The van der Waals surface area contributed by atoms with Gasteiger partial charge < -0.3 is 21.2 Å². The molecule has 0 radical (unpaired) electrons. The lowest BCUT2D eigenvalue weighted by Crippen LogP contribution is -2.43. The summed E-state index contributed by atoms with van der Waals surface area (Å²) in [7, 11) is 1.51. The smallest absolute Gasteiger partial charge is 0.239 e. The molecule has 0 heterocycles. The lowest BCUT2D eigenvalue weighted by atomic mass is 10.1. The van der Waals surface area contributed by atoms with Crippen LogP contribution < -0.4 is 11.1 Å². The number of hydrogen-bond acceptors (Lipinski definition) is 4. The minimum Gasteiger partial charge on any atom is -0.409 e. The molecule has 17 heavy (non-hydrogen) atoms. The lowest BCUT2D eigenvalue weighted by molar-refractivity contribution is -0.136. The van der Waals surface area contributed by atoms with Gasteiger partial charge in [0.05, 0.1) is 12.5 Å². The third-order valence-corrected chi connectivity index (χ3v) is 2.63. The van der Waals surface area contributed by atoms with E-state index in [1.807, 2.05) is 0 Å². The molecule has 1 atom stereocenters. The maximum atomic E-state index is 11.8. The zero-order valence-electron chi connectivity index (χ0n) is 10.0. The van der Waals surface area contributed by atoms with Crippen molar-refractivity contribution in [3.8, 4) is 0 Å². The second-order valence-electron chi connectivity index (χ2n) is 4.28. The Morgan fingerprint density at radius 3 is 2.65 bits per heavy atom. The summed E-state index contributed by atoms with van der Waals surface area (Å²) in [6, 6.07) is 0.271. The van der Waals surface area contributed by atoms with Gasteiger partial charge >= 0.3 is 0 Å². The van der Waals surface area contributed by atoms with Crippen LogP contribution in [0.1, 0.15) is 19.8 Å². The van der Waals surface area contributed by atoms with Gasteiger partial charge in [0.25, 0.3) is 0 Å². The molecule has 1 fully saturated rings. The van der Waals surface area contributed by atoms with Crippen molar-refractivity contribution in [3.63, 3.8) is 0 Å². The standard InChI is InChI=1S/C10H18N4O3/c1-6(9(11)13-17)10(16)14(2)5-8(15)12-7-3-4-7/h6-7,17H,3-5H2,1-2H3,(H2,11,13)(H,12,15). The van der Waals surface area contributed by atoms with Gasteiger partial charge in [-0.15, -0.1) is 0 Å². The van der Waals surface area contributed by atoms with Gasteiger partial charge in [0.2, 0.25) is 11.8 Å². The Balaban J connectivity index is 2.42. The van der Waals surface area contributed by atoms with Gasteiger partial charge in [0.1, 0.15) is 0 Å². The van der Waals surface area contributed by atoms with Gasteiger partial charge in [0.15, 0.2) is 5.84 Å². The van der Waals surface area contributed by atoms with Gasteiger partial charge in [-0.25, -0.2) is 0 Å². The number of carbonyl (C=O) groups excluding carboxylic acids is 2. The summed E-state index contributed by atoms with van der Waals surface area (Å²) >= 11 is 0. The molecule has 1 aliphatic rings. The van der Waals surface area contributed by atoms with Gasteiger partial charge in [-0.3, -0.25) is 9.59 Å². The van der Waals surface area contributed by atoms with Crippen LogP contribution in [0.3, 0.4) is 0 Å². The quantitative estimate of drug-likeness (QED) is 0.251. The summed E-state index contributed by atoms with van der Waals surface area (Å²) in [6.45, 7) is 1.51. The number of amidine groups is 1. The summed E-state index contributed by atoms with van der Waals surface area (Å²) < 4.78 is 0. The van der Waals surface area contributed by atoms with Crippen LogP contribution in [-0.4, -0.2) is 47.4 Å². The highest BCUT2D eigenvalue weighted by molar-refractivity contribution is 6.02. The molecular weight excluding hydrogens is 224 g/mol. The molecule has 0 aromatic rings. The zero-order chi connectivity index (χ0) is 13.0. The number of rotatable bonds is 5. The Bertz CT molecular complexity index is 338. The fourth-order valence-corrected chi connectivity index (χ4v) is 1.34. The van der Waals surface area contributed by atoms with Crippen molar-refractivity contribution in [2.45, 2.75) is 25.8 Å². The maximum absolute atomic E-state index is 11.8. The van der Waals surface area contributed by atoms with E-state index in [1.165, 1.54) is 18.9 Å². The first-order valence-corrected chi connectivity index (χ1v) is 5.47. The van der Waals surface area contributed by atoms with E-state index in [1.54, 1.807) is 0 Å². The van der Waals surface area contributed by atoms with Gasteiger partial charge in [0, 0.05) is 13.1 Å². The van der Waals surface area contributed by atoms with Crippen molar-refractivity contribution in [1.29, 1.82) is 0 Å². The fourth-order valence-electron chi connectivity index (χ4n) is 1.34. The van der Waals surface area contributed by atoms with Crippen LogP contribution >= 0.6 is 0 Å². The first-order valence-electron chi connectivity index (χ1n) is 5.47. The number of amides is 2. The Kier molecular flexibility index (Phi) is 4.30. The normalized spacial score (nSPS) is 17.4. The second-order valence-corrected chi connectivity index (χ2v) is 4.28. The van der Waals surface area contributed by atoms with E-state index in [2.05, 4.69) is 10.5 Å². The first kappa shape index (κ1) is 13.3. The predicted molar refractivity (Wildman–Crippen MR) is 61.4 cm³/mol. The number of oxime groups is 1. The Labute approximate surface area is 99.6 Å². The number of nitrogens with two attached hydrogens (primary N) is 1. The molecule has 0 aromatic carbocycles. The monoisotopic (exact) mass is 242 g/mol. The van der Waals surface area contributed by atoms with Gasteiger partial charge in [-0.1, -0.05) is 5.16 Å². The molecule has 0 aromatic heterocycles. The molecule has 0 spiro atoms. The Morgan fingerprint density at radius 1 is 1.59 bits per heavy atom. The maximum Gasteiger partial charge on any atom is 0.239 e. The molecule has 1 aliphatic carbocycles. The number of likely N-dealkylation sites (N-methyl/N-ethyl adjacent to an activating group) is 1. The van der Waals surface area contributed by atoms with Crippen molar-refractivity contribution in [2.24, 2.45) is 16.8 Å². The molecule has 0 bridgehead atoms. The van der Waals surface area contributed by atoms with E-state index in [0.717, 1.165) is 12.8 Å². The molecule has 1 rings (SSSR count). The summed E-state index contributed by atoms with van der Waals surface area (Å²) in [5, 5.41) is 14.0. The topological polar surface area (TPSA) is 108 Å². The molecule has 1 saturated carbocycles. The van der Waals surface area contributed by atoms with E-state index in [4.69, 9.17) is 10.9 Å². The van der Waals surface area contributed by atoms with Crippen LogP contribution in [0, 0.1) is 5.92 Å². The van der Waals surface area contributed by atoms with Crippen molar-refractivity contribution >= 4 is 17.6 Å². The van der Waals surface area contributed by atoms with Crippen molar-refractivity contribution in [1.82, 2.24) is 10.2 Å². The second kappa shape index (κ2) is 5.51. The molecule has 1 unspecified atom stereocenters. The third-order valence-electron chi connectivity index (χ3n) is 2.63. The highest BCUT2D eigenvalue weighted by Gasteiger charge is 2.26. The number of carbonyl (C=O) groups is 2.